The summed E-state index contributed by atoms with van der Waals surface area (Å²) in [4.78, 5) is 13.6. The van der Waals surface area contributed by atoms with Gasteiger partial charge in [-0.05, 0) is 31.0 Å². The Balaban J connectivity index is 2.08. The van der Waals surface area contributed by atoms with Crippen LogP contribution < -0.4 is 5.32 Å². The van der Waals surface area contributed by atoms with Gasteiger partial charge in [-0.3, -0.25) is 4.79 Å². The third-order valence-electron chi connectivity index (χ3n) is 4.06. The Morgan fingerprint density at radius 1 is 1.35 bits per heavy atom. The van der Waals surface area contributed by atoms with E-state index < -0.39 is 11.7 Å². The molecule has 1 aliphatic rings. The van der Waals surface area contributed by atoms with E-state index in [1.54, 1.807) is 17.0 Å². The van der Waals surface area contributed by atoms with Crippen LogP contribution in [0.3, 0.4) is 0 Å². The van der Waals surface area contributed by atoms with Gasteiger partial charge in [0, 0.05) is 25.6 Å². The van der Waals surface area contributed by atoms with Crippen molar-refractivity contribution in [2.24, 2.45) is 0 Å². The van der Waals surface area contributed by atoms with Crippen LogP contribution in [0.1, 0.15) is 30.4 Å². The van der Waals surface area contributed by atoms with Crippen molar-refractivity contribution in [3.63, 3.8) is 0 Å². The quantitative estimate of drug-likeness (QED) is 0.615. The number of amides is 1. The van der Waals surface area contributed by atoms with Gasteiger partial charge < -0.3 is 10.2 Å². The molecule has 0 radical (unpaired) electrons. The summed E-state index contributed by atoms with van der Waals surface area (Å²) in [7, 11) is 0. The lowest BCUT2D eigenvalue weighted by molar-refractivity contribution is -0.139. The van der Waals surface area contributed by atoms with Gasteiger partial charge in [-0.25, -0.2) is 0 Å². The first kappa shape index (κ1) is 17.5. The molecule has 1 aromatic carbocycles. The summed E-state index contributed by atoms with van der Waals surface area (Å²) in [6, 6.07) is 5.44. The van der Waals surface area contributed by atoms with Crippen molar-refractivity contribution >= 4 is 5.91 Å². The van der Waals surface area contributed by atoms with E-state index in [-0.39, 0.29) is 24.1 Å². The highest BCUT2D eigenvalue weighted by molar-refractivity contribution is 5.78. The van der Waals surface area contributed by atoms with Gasteiger partial charge in [-0.1, -0.05) is 24.3 Å². The normalized spacial score (nSPS) is 18.5. The second-order valence-corrected chi connectivity index (χ2v) is 5.65. The maximum atomic E-state index is 13.1. The van der Waals surface area contributed by atoms with Crippen molar-refractivity contribution < 1.29 is 18.0 Å². The van der Waals surface area contributed by atoms with Crippen molar-refractivity contribution in [3.05, 3.63) is 48.0 Å². The molecule has 0 unspecified atom stereocenters. The molecule has 0 saturated carbocycles. The molecule has 0 aliphatic carbocycles. The van der Waals surface area contributed by atoms with Crippen LogP contribution in [0.15, 0.2) is 36.9 Å². The van der Waals surface area contributed by atoms with Crippen LogP contribution in [0.4, 0.5) is 13.2 Å². The van der Waals surface area contributed by atoms with Crippen molar-refractivity contribution in [1.82, 2.24) is 10.2 Å². The highest BCUT2D eigenvalue weighted by atomic mass is 19.4. The third-order valence-corrected chi connectivity index (χ3v) is 4.06. The van der Waals surface area contributed by atoms with Crippen molar-refractivity contribution in [3.8, 4) is 0 Å². The average molecular weight is 326 g/mol. The first-order valence-corrected chi connectivity index (χ1v) is 7.69. The number of halogens is 3. The molecule has 126 valence electrons. The van der Waals surface area contributed by atoms with E-state index in [4.69, 9.17) is 0 Å². The van der Waals surface area contributed by atoms with Gasteiger partial charge in [0.25, 0.3) is 0 Å². The molecule has 1 fully saturated rings. The first-order chi connectivity index (χ1) is 10.9. The van der Waals surface area contributed by atoms with E-state index >= 15 is 0 Å². The Hall–Kier alpha value is -1.82. The molecule has 1 atom stereocenters. The van der Waals surface area contributed by atoms with Crippen LogP contribution in [0.2, 0.25) is 0 Å². The van der Waals surface area contributed by atoms with Gasteiger partial charge in [-0.15, -0.1) is 6.58 Å². The Bertz CT molecular complexity index is 557. The number of carbonyl (C=O) groups is 1. The second-order valence-electron chi connectivity index (χ2n) is 5.65. The minimum atomic E-state index is -4.40. The molecule has 0 aromatic heterocycles. The number of nitrogens with one attached hydrogen (secondary N) is 1. The molecule has 0 bridgehead atoms. The summed E-state index contributed by atoms with van der Waals surface area (Å²) >= 11 is 0. The number of hydrogen-bond acceptors (Lipinski definition) is 2. The van der Waals surface area contributed by atoms with E-state index in [1.165, 1.54) is 12.1 Å². The fraction of sp³-hybridized carbons (Fsp3) is 0.471. The summed E-state index contributed by atoms with van der Waals surface area (Å²) in [6.45, 7) is 5.01. The lowest BCUT2D eigenvalue weighted by Gasteiger charge is -2.26. The van der Waals surface area contributed by atoms with Crippen LogP contribution in [0.25, 0.3) is 0 Å². The Morgan fingerprint density at radius 3 is 2.78 bits per heavy atom. The Labute approximate surface area is 134 Å². The zero-order valence-electron chi connectivity index (χ0n) is 12.9. The summed E-state index contributed by atoms with van der Waals surface area (Å²) < 4.78 is 39.2. The van der Waals surface area contributed by atoms with Crippen LogP contribution in [0, 0.1) is 0 Å². The molecule has 1 saturated heterocycles. The van der Waals surface area contributed by atoms with E-state index in [0.717, 1.165) is 12.5 Å². The van der Waals surface area contributed by atoms with Gasteiger partial charge in [0.2, 0.25) is 5.91 Å². The maximum Gasteiger partial charge on any atom is 0.416 e. The van der Waals surface area contributed by atoms with Gasteiger partial charge in [-0.2, -0.15) is 13.2 Å². The predicted octanol–water partition coefficient (Wildman–Crippen LogP) is 3.36. The van der Waals surface area contributed by atoms with Crippen molar-refractivity contribution in [1.29, 1.82) is 0 Å². The van der Waals surface area contributed by atoms with E-state index in [0.29, 0.717) is 25.9 Å². The molecule has 1 amide bonds. The topological polar surface area (TPSA) is 32.3 Å². The molecule has 1 aromatic rings. The fourth-order valence-corrected chi connectivity index (χ4v) is 2.90. The average Bonchev–Trinajstić information content (AvgIpc) is 2.84. The highest BCUT2D eigenvalue weighted by Gasteiger charge is 2.36. The predicted molar refractivity (Wildman–Crippen MR) is 82.7 cm³/mol. The molecule has 1 aliphatic heterocycles. The molecular formula is C17H21F3N2O. The standard InChI is InChI=1S/C17H21F3N2O/c1-2-10-21-11-9-14-7-8-16(23)22(14)12-13-5-3-4-6-15(13)17(18,19)20/h2-6,14,21H,1,7-12H2/t14-/m0/s1. The van der Waals surface area contributed by atoms with E-state index in [9.17, 15) is 18.0 Å². The minimum absolute atomic E-state index is 0.0129. The summed E-state index contributed by atoms with van der Waals surface area (Å²) in [5, 5.41) is 3.16. The smallest absolute Gasteiger partial charge is 0.335 e. The zero-order valence-corrected chi connectivity index (χ0v) is 12.9. The third kappa shape index (κ3) is 4.58. The van der Waals surface area contributed by atoms with Crippen LogP contribution in [-0.4, -0.2) is 29.9 Å². The summed E-state index contributed by atoms with van der Waals surface area (Å²) in [6.07, 6.45) is -0.825. The van der Waals surface area contributed by atoms with Crippen LogP contribution >= 0.6 is 0 Å². The summed E-state index contributed by atoms with van der Waals surface area (Å²) in [5.74, 6) is -0.0734. The monoisotopic (exact) mass is 326 g/mol. The number of likely N-dealkylation sites (tertiary alicyclic amines) is 1. The van der Waals surface area contributed by atoms with E-state index in [1.807, 2.05) is 0 Å². The number of nitrogens with zero attached hydrogens (tertiary/aromatic N) is 1. The molecule has 6 heteroatoms. The number of benzene rings is 1. The zero-order chi connectivity index (χ0) is 16.9. The Morgan fingerprint density at radius 2 is 2.09 bits per heavy atom. The fourth-order valence-electron chi connectivity index (χ4n) is 2.90. The van der Waals surface area contributed by atoms with E-state index in [2.05, 4.69) is 11.9 Å². The van der Waals surface area contributed by atoms with Gasteiger partial charge in [0.05, 0.1) is 5.56 Å². The summed E-state index contributed by atoms with van der Waals surface area (Å²) in [5.41, 5.74) is -0.512. The number of alkyl halides is 3. The lowest BCUT2D eigenvalue weighted by atomic mass is 10.1. The molecule has 1 heterocycles. The minimum Gasteiger partial charge on any atom is -0.335 e. The van der Waals surface area contributed by atoms with Crippen molar-refractivity contribution in [2.75, 3.05) is 13.1 Å². The number of carbonyl (C=O) groups excluding carboxylic acids is 1. The number of rotatable bonds is 7. The second kappa shape index (κ2) is 7.64. The SMILES string of the molecule is C=CCNCC[C@@H]1CCC(=O)N1Cc1ccccc1C(F)(F)F. The molecule has 3 nitrogen and oxygen atoms in total. The van der Waals surface area contributed by atoms with Crippen LogP contribution in [0.5, 0.6) is 0 Å². The van der Waals surface area contributed by atoms with Gasteiger partial charge >= 0.3 is 6.18 Å². The van der Waals surface area contributed by atoms with Gasteiger partial charge in [0.15, 0.2) is 0 Å². The molecule has 1 N–H and O–H groups in total. The lowest BCUT2D eigenvalue weighted by Crippen LogP contribution is -2.35. The molecule has 2 rings (SSSR count). The first-order valence-electron chi connectivity index (χ1n) is 7.69. The molecule has 0 spiro atoms. The maximum absolute atomic E-state index is 13.1. The molecule has 23 heavy (non-hydrogen) atoms. The number of hydrogen-bond donors (Lipinski definition) is 1. The largest absolute Gasteiger partial charge is 0.416 e. The Kier molecular flexibility index (Phi) is 5.82. The van der Waals surface area contributed by atoms with Crippen LogP contribution in [-0.2, 0) is 17.5 Å². The van der Waals surface area contributed by atoms with Crippen molar-refractivity contribution in [2.45, 2.75) is 38.0 Å². The highest BCUT2D eigenvalue weighted by Crippen LogP contribution is 2.33. The van der Waals surface area contributed by atoms with Gasteiger partial charge in [0.1, 0.15) is 0 Å². The molecular weight excluding hydrogens is 305 g/mol.